The minimum atomic E-state index is 0.176. The number of aromatic nitrogens is 1. The molecule has 0 N–H and O–H groups in total. The van der Waals surface area contributed by atoms with E-state index in [1.807, 2.05) is 6.07 Å². The van der Waals surface area contributed by atoms with Crippen LogP contribution in [0.25, 0.3) is 0 Å². The highest BCUT2D eigenvalue weighted by Crippen LogP contribution is 2.29. The van der Waals surface area contributed by atoms with Gasteiger partial charge in [-0.2, -0.15) is 5.26 Å². The maximum Gasteiger partial charge on any atom is 0.101 e. The molecular formula is C16H16N2S. The van der Waals surface area contributed by atoms with Gasteiger partial charge in [0, 0.05) is 11.1 Å². The Hall–Kier alpha value is -1.79. The lowest BCUT2D eigenvalue weighted by Gasteiger charge is -2.18. The molecule has 0 amide bonds. The molecule has 19 heavy (non-hydrogen) atoms. The van der Waals surface area contributed by atoms with Crippen molar-refractivity contribution >= 4 is 11.8 Å². The minimum Gasteiger partial charge on any atom is -0.248 e. The van der Waals surface area contributed by atoms with E-state index in [0.29, 0.717) is 5.56 Å². The third-order valence-corrected chi connectivity index (χ3v) is 3.77. The molecule has 0 saturated carbocycles. The summed E-state index contributed by atoms with van der Waals surface area (Å²) in [7, 11) is 0. The first-order valence-electron chi connectivity index (χ1n) is 6.13. The summed E-state index contributed by atoms with van der Waals surface area (Å²) in [5.41, 5.74) is 2.09. The molecule has 0 spiro atoms. The highest BCUT2D eigenvalue weighted by Gasteiger charge is 2.12. The van der Waals surface area contributed by atoms with Crippen LogP contribution in [0, 0.1) is 11.3 Å². The van der Waals surface area contributed by atoms with Gasteiger partial charge in [0.1, 0.15) is 11.1 Å². The van der Waals surface area contributed by atoms with Crippen molar-refractivity contribution in [1.82, 2.24) is 4.98 Å². The van der Waals surface area contributed by atoms with Crippen LogP contribution in [0.2, 0.25) is 0 Å². The molecule has 3 heteroatoms. The van der Waals surface area contributed by atoms with E-state index in [9.17, 15) is 0 Å². The number of nitriles is 1. The van der Waals surface area contributed by atoms with Crippen LogP contribution in [-0.2, 0) is 5.41 Å². The normalized spacial score (nSPS) is 11.1. The monoisotopic (exact) mass is 268 g/mol. The van der Waals surface area contributed by atoms with Gasteiger partial charge in [-0.25, -0.2) is 4.98 Å². The van der Waals surface area contributed by atoms with Gasteiger partial charge in [-0.15, -0.1) is 0 Å². The lowest BCUT2D eigenvalue weighted by molar-refractivity contribution is 0.590. The molecule has 0 saturated heterocycles. The molecular weight excluding hydrogens is 252 g/mol. The average molecular weight is 268 g/mol. The van der Waals surface area contributed by atoms with Crippen molar-refractivity contribution < 1.29 is 0 Å². The van der Waals surface area contributed by atoms with Gasteiger partial charge in [-0.05, 0) is 35.2 Å². The van der Waals surface area contributed by atoms with Crippen molar-refractivity contribution in [2.75, 3.05) is 0 Å². The van der Waals surface area contributed by atoms with E-state index in [4.69, 9.17) is 5.26 Å². The summed E-state index contributed by atoms with van der Waals surface area (Å²) >= 11 is 1.61. The predicted octanol–water partition coefficient (Wildman–Crippen LogP) is 4.40. The van der Waals surface area contributed by atoms with E-state index in [0.717, 1.165) is 9.92 Å². The number of rotatable bonds is 2. The van der Waals surface area contributed by atoms with Crippen molar-refractivity contribution in [2.45, 2.75) is 36.1 Å². The average Bonchev–Trinajstić information content (AvgIpc) is 2.39. The standard InChI is InChI=1S/C16H16N2S/c1-16(2,3)13-5-7-14(8-6-13)19-15-9-4-12(10-17)11-18-15/h4-9,11H,1-3H3. The molecule has 0 aliphatic carbocycles. The zero-order chi connectivity index (χ0) is 13.9. The van der Waals surface area contributed by atoms with Gasteiger partial charge in [0.25, 0.3) is 0 Å². The summed E-state index contributed by atoms with van der Waals surface area (Å²) in [5, 5.41) is 9.63. The van der Waals surface area contributed by atoms with Gasteiger partial charge >= 0.3 is 0 Å². The van der Waals surface area contributed by atoms with Crippen LogP contribution in [0.3, 0.4) is 0 Å². The van der Waals surface area contributed by atoms with E-state index in [2.05, 4.69) is 56.1 Å². The topological polar surface area (TPSA) is 36.7 Å². The summed E-state index contributed by atoms with van der Waals surface area (Å²) in [5.74, 6) is 0. The predicted molar refractivity (Wildman–Crippen MR) is 78.2 cm³/mol. The van der Waals surface area contributed by atoms with Crippen molar-refractivity contribution in [1.29, 1.82) is 5.26 Å². The van der Waals surface area contributed by atoms with Crippen LogP contribution < -0.4 is 0 Å². The molecule has 96 valence electrons. The molecule has 0 atom stereocenters. The quantitative estimate of drug-likeness (QED) is 0.810. The first-order valence-corrected chi connectivity index (χ1v) is 6.95. The van der Waals surface area contributed by atoms with Crippen LogP contribution in [-0.4, -0.2) is 4.98 Å². The molecule has 2 nitrogen and oxygen atoms in total. The van der Waals surface area contributed by atoms with Crippen molar-refractivity contribution in [2.24, 2.45) is 0 Å². The van der Waals surface area contributed by atoms with Gasteiger partial charge < -0.3 is 0 Å². The molecule has 0 radical (unpaired) electrons. The highest BCUT2D eigenvalue weighted by atomic mass is 32.2. The summed E-state index contributed by atoms with van der Waals surface area (Å²) in [6.07, 6.45) is 1.60. The SMILES string of the molecule is CC(C)(C)c1ccc(Sc2ccc(C#N)cn2)cc1. The Morgan fingerprint density at radius 1 is 1.05 bits per heavy atom. The zero-order valence-electron chi connectivity index (χ0n) is 11.3. The third kappa shape index (κ3) is 3.59. The Labute approximate surface area is 118 Å². The summed E-state index contributed by atoms with van der Waals surface area (Å²) in [6, 6.07) is 14.3. The Morgan fingerprint density at radius 2 is 1.74 bits per heavy atom. The Kier molecular flexibility index (Phi) is 3.92. The van der Waals surface area contributed by atoms with Crippen LogP contribution in [0.5, 0.6) is 0 Å². The molecule has 1 heterocycles. The second kappa shape index (κ2) is 5.46. The van der Waals surface area contributed by atoms with E-state index in [1.54, 1.807) is 24.0 Å². The summed E-state index contributed by atoms with van der Waals surface area (Å²) in [6.45, 7) is 6.62. The number of nitrogens with zero attached hydrogens (tertiary/aromatic N) is 2. The van der Waals surface area contributed by atoms with Crippen LogP contribution in [0.4, 0.5) is 0 Å². The van der Waals surface area contributed by atoms with Gasteiger partial charge in [0.05, 0.1) is 5.56 Å². The number of pyridine rings is 1. The summed E-state index contributed by atoms with van der Waals surface area (Å²) in [4.78, 5) is 5.41. The van der Waals surface area contributed by atoms with Crippen molar-refractivity contribution in [3.63, 3.8) is 0 Å². The second-order valence-corrected chi connectivity index (χ2v) is 6.47. The first-order chi connectivity index (χ1) is 8.99. The Balaban J connectivity index is 2.13. The number of benzene rings is 1. The van der Waals surface area contributed by atoms with Gasteiger partial charge in [0.15, 0.2) is 0 Å². The lowest BCUT2D eigenvalue weighted by atomic mass is 9.87. The number of hydrogen-bond donors (Lipinski definition) is 0. The van der Waals surface area contributed by atoms with Crippen LogP contribution in [0.1, 0.15) is 31.9 Å². The molecule has 1 aromatic carbocycles. The molecule has 0 fully saturated rings. The maximum atomic E-state index is 8.73. The van der Waals surface area contributed by atoms with E-state index >= 15 is 0 Å². The third-order valence-electron chi connectivity index (χ3n) is 2.81. The van der Waals surface area contributed by atoms with Crippen molar-refractivity contribution in [3.8, 4) is 6.07 Å². The molecule has 0 unspecified atom stereocenters. The molecule has 2 aromatic rings. The molecule has 1 aromatic heterocycles. The van der Waals surface area contributed by atoms with Gasteiger partial charge in [0.2, 0.25) is 0 Å². The highest BCUT2D eigenvalue weighted by molar-refractivity contribution is 7.99. The maximum absolute atomic E-state index is 8.73. The van der Waals surface area contributed by atoms with E-state index < -0.39 is 0 Å². The van der Waals surface area contributed by atoms with E-state index in [-0.39, 0.29) is 5.41 Å². The van der Waals surface area contributed by atoms with Crippen LogP contribution in [0.15, 0.2) is 52.5 Å². The molecule has 0 bridgehead atoms. The van der Waals surface area contributed by atoms with Crippen molar-refractivity contribution in [3.05, 3.63) is 53.7 Å². The fraction of sp³-hybridized carbons (Fsp3) is 0.250. The molecule has 0 aliphatic heterocycles. The van der Waals surface area contributed by atoms with Gasteiger partial charge in [-0.3, -0.25) is 0 Å². The zero-order valence-corrected chi connectivity index (χ0v) is 12.2. The molecule has 2 rings (SSSR count). The smallest absolute Gasteiger partial charge is 0.101 e. The Morgan fingerprint density at radius 3 is 2.21 bits per heavy atom. The first kappa shape index (κ1) is 13.6. The fourth-order valence-corrected chi connectivity index (χ4v) is 2.41. The largest absolute Gasteiger partial charge is 0.248 e. The second-order valence-electron chi connectivity index (χ2n) is 5.37. The molecule has 0 aliphatic rings. The van der Waals surface area contributed by atoms with Gasteiger partial charge in [-0.1, -0.05) is 44.7 Å². The summed E-state index contributed by atoms with van der Waals surface area (Å²) < 4.78 is 0. The Bertz CT molecular complexity index is 587. The fourth-order valence-electron chi connectivity index (χ4n) is 1.65. The van der Waals surface area contributed by atoms with E-state index in [1.165, 1.54) is 5.56 Å². The number of hydrogen-bond acceptors (Lipinski definition) is 3. The van der Waals surface area contributed by atoms with Crippen LogP contribution >= 0.6 is 11.8 Å². The minimum absolute atomic E-state index is 0.176. The lowest BCUT2D eigenvalue weighted by Crippen LogP contribution is -2.10.